The predicted molar refractivity (Wildman–Crippen MR) is 62.4 cm³/mol. The first kappa shape index (κ1) is 10.0. The van der Waals surface area contributed by atoms with E-state index in [0.29, 0.717) is 18.0 Å². The number of aromatic nitrogens is 1. The topological polar surface area (TPSA) is 56.5 Å². The lowest BCUT2D eigenvalue weighted by Crippen LogP contribution is -2.08. The SMILES string of the molecule is COc1ccc2c(c1OC)NCc1cnoc1-2. The standard InChI is InChI=1S/C12H12N2O3/c1-15-9-4-3-8-10(12(9)16-2)13-5-7-6-14-17-11(7)8/h3-4,6,13H,5H2,1-2H3. The number of rotatable bonds is 2. The van der Waals surface area contributed by atoms with Crippen molar-refractivity contribution < 1.29 is 14.0 Å². The van der Waals surface area contributed by atoms with E-state index < -0.39 is 0 Å². The smallest absolute Gasteiger partial charge is 0.184 e. The van der Waals surface area contributed by atoms with Gasteiger partial charge in [0.15, 0.2) is 17.3 Å². The van der Waals surface area contributed by atoms with Gasteiger partial charge in [0.05, 0.1) is 26.1 Å². The molecule has 0 radical (unpaired) electrons. The molecule has 0 saturated carbocycles. The van der Waals surface area contributed by atoms with Crippen molar-refractivity contribution in [3.8, 4) is 22.8 Å². The average molecular weight is 232 g/mol. The summed E-state index contributed by atoms with van der Waals surface area (Å²) in [6.07, 6.45) is 1.72. The lowest BCUT2D eigenvalue weighted by molar-refractivity contribution is 0.356. The largest absolute Gasteiger partial charge is 0.493 e. The van der Waals surface area contributed by atoms with Gasteiger partial charge in [0.1, 0.15) is 0 Å². The Morgan fingerprint density at radius 3 is 2.94 bits per heavy atom. The zero-order valence-electron chi connectivity index (χ0n) is 9.61. The minimum Gasteiger partial charge on any atom is -0.493 e. The van der Waals surface area contributed by atoms with Gasteiger partial charge in [-0.2, -0.15) is 0 Å². The van der Waals surface area contributed by atoms with Crippen LogP contribution in [-0.4, -0.2) is 19.4 Å². The number of anilines is 1. The van der Waals surface area contributed by atoms with Crippen LogP contribution in [-0.2, 0) is 6.54 Å². The van der Waals surface area contributed by atoms with E-state index in [0.717, 1.165) is 22.6 Å². The maximum atomic E-state index is 5.38. The summed E-state index contributed by atoms with van der Waals surface area (Å²) >= 11 is 0. The Hall–Kier alpha value is -2.17. The molecule has 17 heavy (non-hydrogen) atoms. The fraction of sp³-hybridized carbons (Fsp3) is 0.250. The summed E-state index contributed by atoms with van der Waals surface area (Å²) in [7, 11) is 3.24. The van der Waals surface area contributed by atoms with E-state index in [1.54, 1.807) is 20.4 Å². The molecule has 0 aliphatic carbocycles. The summed E-state index contributed by atoms with van der Waals surface area (Å²) in [5, 5.41) is 7.11. The zero-order chi connectivity index (χ0) is 11.8. The molecule has 1 N–H and O–H groups in total. The molecule has 1 aliphatic heterocycles. The number of nitrogens with one attached hydrogen (secondary N) is 1. The second kappa shape index (κ2) is 3.69. The number of fused-ring (bicyclic) bond motifs is 3. The van der Waals surface area contributed by atoms with E-state index in [9.17, 15) is 0 Å². The Bertz CT molecular complexity index is 563. The van der Waals surface area contributed by atoms with Gasteiger partial charge in [-0.05, 0) is 12.1 Å². The molecule has 0 atom stereocenters. The van der Waals surface area contributed by atoms with E-state index in [1.807, 2.05) is 12.1 Å². The Morgan fingerprint density at radius 1 is 1.29 bits per heavy atom. The maximum absolute atomic E-state index is 5.38. The Morgan fingerprint density at radius 2 is 2.18 bits per heavy atom. The van der Waals surface area contributed by atoms with Gasteiger partial charge < -0.3 is 19.3 Å². The van der Waals surface area contributed by atoms with Gasteiger partial charge in [-0.25, -0.2) is 0 Å². The predicted octanol–water partition coefficient (Wildman–Crippen LogP) is 2.28. The molecule has 5 nitrogen and oxygen atoms in total. The van der Waals surface area contributed by atoms with Crippen molar-refractivity contribution in [2.75, 3.05) is 19.5 Å². The summed E-state index contributed by atoms with van der Waals surface area (Å²) in [5.74, 6) is 2.17. The average Bonchev–Trinajstić information content (AvgIpc) is 2.85. The van der Waals surface area contributed by atoms with Crippen LogP contribution in [0.2, 0.25) is 0 Å². The van der Waals surface area contributed by atoms with Crippen LogP contribution >= 0.6 is 0 Å². The Labute approximate surface area is 98.3 Å². The molecule has 3 rings (SSSR count). The molecular weight excluding hydrogens is 220 g/mol. The highest BCUT2D eigenvalue weighted by Gasteiger charge is 2.24. The second-order valence-corrected chi connectivity index (χ2v) is 3.76. The molecule has 88 valence electrons. The van der Waals surface area contributed by atoms with Gasteiger partial charge in [0.2, 0.25) is 0 Å². The third-order valence-corrected chi connectivity index (χ3v) is 2.89. The molecule has 1 aromatic heterocycles. The van der Waals surface area contributed by atoms with Crippen LogP contribution in [0.5, 0.6) is 11.5 Å². The van der Waals surface area contributed by atoms with Crippen LogP contribution in [0.1, 0.15) is 5.56 Å². The number of ether oxygens (including phenoxy) is 2. The fourth-order valence-corrected chi connectivity index (χ4v) is 2.08. The highest BCUT2D eigenvalue weighted by molar-refractivity contribution is 5.85. The second-order valence-electron chi connectivity index (χ2n) is 3.76. The molecule has 0 bridgehead atoms. The Balaban J connectivity index is 2.24. The van der Waals surface area contributed by atoms with E-state index in [4.69, 9.17) is 14.0 Å². The van der Waals surface area contributed by atoms with Gasteiger partial charge in [-0.15, -0.1) is 0 Å². The van der Waals surface area contributed by atoms with Crippen molar-refractivity contribution in [2.45, 2.75) is 6.54 Å². The Kier molecular flexibility index (Phi) is 2.18. The third kappa shape index (κ3) is 1.35. The van der Waals surface area contributed by atoms with E-state index >= 15 is 0 Å². The van der Waals surface area contributed by atoms with Crippen LogP contribution < -0.4 is 14.8 Å². The lowest BCUT2D eigenvalue weighted by Gasteiger charge is -2.20. The van der Waals surface area contributed by atoms with Crippen molar-refractivity contribution in [3.63, 3.8) is 0 Å². The van der Waals surface area contributed by atoms with Crippen molar-refractivity contribution in [1.82, 2.24) is 5.16 Å². The molecule has 2 heterocycles. The molecule has 1 aromatic carbocycles. The molecule has 0 spiro atoms. The molecule has 5 heteroatoms. The van der Waals surface area contributed by atoms with E-state index in [2.05, 4.69) is 10.5 Å². The van der Waals surface area contributed by atoms with Gasteiger partial charge in [0.25, 0.3) is 0 Å². The first-order chi connectivity index (χ1) is 8.35. The van der Waals surface area contributed by atoms with Gasteiger partial charge >= 0.3 is 0 Å². The van der Waals surface area contributed by atoms with Gasteiger partial charge in [-0.3, -0.25) is 0 Å². The fourth-order valence-electron chi connectivity index (χ4n) is 2.08. The van der Waals surface area contributed by atoms with Crippen LogP contribution in [0.15, 0.2) is 22.9 Å². The van der Waals surface area contributed by atoms with Crippen LogP contribution in [0, 0.1) is 0 Å². The number of methoxy groups -OCH3 is 2. The summed E-state index contributed by atoms with van der Waals surface area (Å²) in [6, 6.07) is 3.80. The van der Waals surface area contributed by atoms with Crippen molar-refractivity contribution in [2.24, 2.45) is 0 Å². The zero-order valence-corrected chi connectivity index (χ0v) is 9.61. The van der Waals surface area contributed by atoms with Gasteiger partial charge in [0, 0.05) is 17.7 Å². The minimum absolute atomic E-state index is 0.676. The van der Waals surface area contributed by atoms with Crippen LogP contribution in [0.25, 0.3) is 11.3 Å². The highest BCUT2D eigenvalue weighted by atomic mass is 16.5. The molecular formula is C12H12N2O3. The summed E-state index contributed by atoms with van der Waals surface area (Å²) in [6.45, 7) is 0.676. The number of benzene rings is 1. The molecule has 2 aromatic rings. The monoisotopic (exact) mass is 232 g/mol. The van der Waals surface area contributed by atoms with E-state index in [1.165, 1.54) is 0 Å². The first-order valence-corrected chi connectivity index (χ1v) is 5.28. The van der Waals surface area contributed by atoms with Gasteiger partial charge in [-0.1, -0.05) is 5.16 Å². The quantitative estimate of drug-likeness (QED) is 0.860. The lowest BCUT2D eigenvalue weighted by atomic mass is 10.0. The van der Waals surface area contributed by atoms with Crippen molar-refractivity contribution in [3.05, 3.63) is 23.9 Å². The molecule has 0 amide bonds. The van der Waals surface area contributed by atoms with Crippen molar-refractivity contribution >= 4 is 5.69 Å². The van der Waals surface area contributed by atoms with E-state index in [-0.39, 0.29) is 0 Å². The highest BCUT2D eigenvalue weighted by Crippen LogP contribution is 2.45. The van der Waals surface area contributed by atoms with Crippen molar-refractivity contribution in [1.29, 1.82) is 0 Å². The molecule has 0 fully saturated rings. The van der Waals surface area contributed by atoms with Crippen LogP contribution in [0.4, 0.5) is 5.69 Å². The summed E-state index contributed by atoms with van der Waals surface area (Å²) < 4.78 is 15.9. The number of hydrogen-bond acceptors (Lipinski definition) is 5. The third-order valence-electron chi connectivity index (χ3n) is 2.89. The number of nitrogens with zero attached hydrogens (tertiary/aromatic N) is 1. The molecule has 1 aliphatic rings. The van der Waals surface area contributed by atoms with Crippen LogP contribution in [0.3, 0.4) is 0 Å². The maximum Gasteiger partial charge on any atom is 0.184 e. The normalized spacial score (nSPS) is 12.4. The molecule has 0 unspecified atom stereocenters. The summed E-state index contributed by atoms with van der Waals surface area (Å²) in [5.41, 5.74) is 2.88. The number of hydrogen-bond donors (Lipinski definition) is 1. The molecule has 0 saturated heterocycles. The first-order valence-electron chi connectivity index (χ1n) is 5.28. The summed E-state index contributed by atoms with van der Waals surface area (Å²) in [4.78, 5) is 0. The minimum atomic E-state index is 0.676.